The zero-order valence-corrected chi connectivity index (χ0v) is 56.7. The summed E-state index contributed by atoms with van der Waals surface area (Å²) in [6.45, 7) is 17.2. The van der Waals surface area contributed by atoms with Crippen LogP contribution in [0.5, 0.6) is 0 Å². The first-order valence-electron chi connectivity index (χ1n) is 33.1. The highest BCUT2D eigenvalue weighted by molar-refractivity contribution is 7.31. The van der Waals surface area contributed by atoms with Gasteiger partial charge in [-0.05, 0) is 178 Å². The Balaban J connectivity index is 1.15. The normalized spacial score (nSPS) is 11.9. The van der Waals surface area contributed by atoms with E-state index in [0.717, 1.165) is 56.2 Å². The Morgan fingerprint density at radius 1 is 0.325 bits per heavy atom. The molecular formula is C75H97NOS6. The van der Waals surface area contributed by atoms with Gasteiger partial charge in [-0.25, -0.2) is 0 Å². The fourth-order valence-corrected chi connectivity index (χ4v) is 20.4. The molecule has 0 atom stereocenters. The first kappa shape index (κ1) is 63.6. The van der Waals surface area contributed by atoms with E-state index in [9.17, 15) is 4.79 Å². The van der Waals surface area contributed by atoms with Crippen molar-refractivity contribution < 1.29 is 4.79 Å². The van der Waals surface area contributed by atoms with Gasteiger partial charge < -0.3 is 4.57 Å². The van der Waals surface area contributed by atoms with E-state index in [2.05, 4.69) is 177 Å². The third-order valence-electron chi connectivity index (χ3n) is 17.3. The summed E-state index contributed by atoms with van der Waals surface area (Å²) in [5.74, 6) is 0. The number of benzene rings is 2. The van der Waals surface area contributed by atoms with Crippen LogP contribution in [0, 0.1) is 0 Å². The standard InChI is InChI=1S/C75H97NOS6/c1-8-15-21-27-35-53-45-60(52-77)78-71(53)65-48-55(37-29-23-17-10-3)73(80-65)67-50-57(39-31-25-19-12-5)75(82-67)69-51-58(40-32-26-20-13-6)74(83-69)68-49-56(38-30-24-18-11-4)72(81-68)66-47-54(36-28-22-16-9-2)70(79-66)59-43-44-64-62(46-59)61-41-33-34-42-63(61)76(64)14-7/h33-34,41-52H,8-32,35-40H2,1-7H3. The fraction of sp³-hybridized carbons (Fsp3) is 0.507. The number of unbranched alkanes of at least 4 members (excludes halogenated alkanes) is 18. The predicted molar refractivity (Wildman–Crippen MR) is 377 cm³/mol. The maximum absolute atomic E-state index is 12.3. The van der Waals surface area contributed by atoms with E-state index in [4.69, 9.17) is 0 Å². The molecule has 9 aromatic rings. The van der Waals surface area contributed by atoms with Crippen molar-refractivity contribution in [3.8, 4) is 59.2 Å². The molecule has 8 heteroatoms. The predicted octanol–water partition coefficient (Wildman–Crippen LogP) is 26.7. The lowest BCUT2D eigenvalue weighted by atomic mass is 10.0. The summed E-state index contributed by atoms with van der Waals surface area (Å²) in [6, 6.07) is 31.8. The molecule has 7 heterocycles. The van der Waals surface area contributed by atoms with Gasteiger partial charge in [0.2, 0.25) is 0 Å². The molecule has 2 nitrogen and oxygen atoms in total. The maximum atomic E-state index is 12.3. The minimum atomic E-state index is 0.867. The number of aldehydes is 1. The molecule has 0 amide bonds. The van der Waals surface area contributed by atoms with Crippen molar-refractivity contribution in [1.29, 1.82) is 0 Å². The average Bonchev–Trinajstić information content (AvgIpc) is 3.74. The van der Waals surface area contributed by atoms with Crippen molar-refractivity contribution >= 4 is 96.1 Å². The molecule has 83 heavy (non-hydrogen) atoms. The second-order valence-corrected chi connectivity index (χ2v) is 30.1. The topological polar surface area (TPSA) is 22.0 Å². The lowest BCUT2D eigenvalue weighted by Crippen LogP contribution is -1.92. The van der Waals surface area contributed by atoms with Crippen molar-refractivity contribution in [1.82, 2.24) is 4.57 Å². The summed E-state index contributed by atoms with van der Waals surface area (Å²) in [7, 11) is 0. The molecule has 0 aliphatic heterocycles. The molecule has 0 saturated carbocycles. The Kier molecular flexibility index (Phi) is 25.1. The largest absolute Gasteiger partial charge is 0.341 e. The minimum absolute atomic E-state index is 0.867. The van der Waals surface area contributed by atoms with E-state index in [1.807, 2.05) is 11.3 Å². The number of carbonyl (C=O) groups excluding carboxylic acids is 1. The number of rotatable bonds is 38. The highest BCUT2D eigenvalue weighted by Crippen LogP contribution is 2.53. The van der Waals surface area contributed by atoms with E-state index < -0.39 is 0 Å². The molecule has 0 unspecified atom stereocenters. The van der Waals surface area contributed by atoms with Crippen molar-refractivity contribution in [2.75, 3.05) is 0 Å². The monoisotopic (exact) mass is 1220 g/mol. The van der Waals surface area contributed by atoms with Crippen LogP contribution in [0.25, 0.3) is 81.0 Å². The molecule has 0 aliphatic carbocycles. The number of nitrogens with zero attached hydrogens (tertiary/aromatic N) is 1. The van der Waals surface area contributed by atoms with Crippen LogP contribution in [0.15, 0.2) is 78.9 Å². The third-order valence-corrected chi connectivity index (χ3v) is 25.2. The second-order valence-electron chi connectivity index (χ2n) is 23.8. The van der Waals surface area contributed by atoms with Crippen LogP contribution in [-0.2, 0) is 45.1 Å². The quantitative estimate of drug-likeness (QED) is 0.0279. The summed E-state index contributed by atoms with van der Waals surface area (Å²) >= 11 is 12.1. The fourth-order valence-electron chi connectivity index (χ4n) is 12.6. The minimum Gasteiger partial charge on any atom is -0.341 e. The van der Waals surface area contributed by atoms with Crippen LogP contribution in [0.3, 0.4) is 0 Å². The van der Waals surface area contributed by atoms with E-state index in [1.54, 1.807) is 28.0 Å². The van der Waals surface area contributed by atoms with Crippen molar-refractivity contribution in [2.24, 2.45) is 0 Å². The highest BCUT2D eigenvalue weighted by atomic mass is 32.1. The van der Waals surface area contributed by atoms with Crippen LogP contribution in [-0.4, -0.2) is 10.9 Å². The number of carbonyl (C=O) groups is 1. The molecule has 444 valence electrons. The number of para-hydroxylation sites is 1. The molecule has 0 bridgehead atoms. The van der Waals surface area contributed by atoms with Crippen LogP contribution in [0.2, 0.25) is 0 Å². The van der Waals surface area contributed by atoms with Gasteiger partial charge in [0.15, 0.2) is 6.29 Å². The Hall–Kier alpha value is -3.89. The summed E-state index contributed by atoms with van der Waals surface area (Å²) < 4.78 is 2.49. The van der Waals surface area contributed by atoms with Gasteiger partial charge in [0.05, 0.1) is 4.88 Å². The molecule has 0 aliphatic rings. The van der Waals surface area contributed by atoms with Gasteiger partial charge in [0, 0.05) is 82.0 Å². The van der Waals surface area contributed by atoms with Crippen molar-refractivity contribution in [3.05, 3.63) is 117 Å². The number of aromatic nitrogens is 1. The van der Waals surface area contributed by atoms with Crippen molar-refractivity contribution in [3.63, 3.8) is 0 Å². The van der Waals surface area contributed by atoms with Gasteiger partial charge in [-0.3, -0.25) is 4.79 Å². The average molecular weight is 1220 g/mol. The van der Waals surface area contributed by atoms with Crippen molar-refractivity contribution in [2.45, 2.75) is 248 Å². The van der Waals surface area contributed by atoms with E-state index >= 15 is 0 Å². The molecule has 9 rings (SSSR count). The van der Waals surface area contributed by atoms with Gasteiger partial charge >= 0.3 is 0 Å². The zero-order valence-electron chi connectivity index (χ0n) is 51.8. The number of hydrogen-bond donors (Lipinski definition) is 0. The third kappa shape index (κ3) is 16.0. The molecular weight excluding hydrogens is 1120 g/mol. The number of fused-ring (bicyclic) bond motifs is 3. The first-order valence-corrected chi connectivity index (χ1v) is 38.0. The van der Waals surface area contributed by atoms with Gasteiger partial charge in [-0.15, -0.1) is 68.0 Å². The van der Waals surface area contributed by atoms with Gasteiger partial charge in [0.1, 0.15) is 0 Å². The lowest BCUT2D eigenvalue weighted by Gasteiger charge is -2.06. The van der Waals surface area contributed by atoms with Crippen LogP contribution in [0.1, 0.15) is 246 Å². The summed E-state index contributed by atoms with van der Waals surface area (Å²) in [6.07, 6.45) is 38.1. The summed E-state index contributed by atoms with van der Waals surface area (Å²) in [5, 5.41) is 2.74. The molecule has 7 aromatic heterocycles. The summed E-state index contributed by atoms with van der Waals surface area (Å²) in [4.78, 5) is 29.3. The molecule has 0 spiro atoms. The molecule has 0 N–H and O–H groups in total. The Bertz CT molecular complexity index is 3430. The Morgan fingerprint density at radius 2 is 0.651 bits per heavy atom. The number of hydrogen-bond acceptors (Lipinski definition) is 7. The van der Waals surface area contributed by atoms with Gasteiger partial charge in [-0.2, -0.15) is 0 Å². The zero-order chi connectivity index (χ0) is 57.9. The summed E-state index contributed by atoms with van der Waals surface area (Å²) in [5.41, 5.74) is 13.1. The Labute approximate surface area is 525 Å². The number of thiophene rings is 6. The SMILES string of the molecule is CCCCCCc1cc(-c2sc(-c3sc(-c4sc(-c5sc(-c6sc(C=O)cc6CCCCCC)cc5CCCCCC)cc4CCCCCC)cc3CCCCCC)cc2CCCCCC)sc1-c1ccc2c(c1)c1ccccc1n2CC. The highest BCUT2D eigenvalue weighted by Gasteiger charge is 2.26. The van der Waals surface area contributed by atoms with Crippen LogP contribution < -0.4 is 0 Å². The molecule has 0 radical (unpaired) electrons. The molecule has 0 saturated heterocycles. The van der Waals surface area contributed by atoms with E-state index in [-0.39, 0.29) is 0 Å². The van der Waals surface area contributed by atoms with Gasteiger partial charge in [-0.1, -0.05) is 181 Å². The molecule has 2 aromatic carbocycles. The number of aryl methyl sites for hydroxylation is 7. The van der Waals surface area contributed by atoms with Crippen LogP contribution in [0.4, 0.5) is 0 Å². The smallest absolute Gasteiger partial charge is 0.160 e. The molecule has 0 fully saturated rings. The lowest BCUT2D eigenvalue weighted by molar-refractivity contribution is 0.112. The van der Waals surface area contributed by atoms with E-state index in [0.29, 0.717) is 0 Å². The first-order chi connectivity index (χ1) is 40.8. The maximum Gasteiger partial charge on any atom is 0.160 e. The van der Waals surface area contributed by atoms with Gasteiger partial charge in [0.25, 0.3) is 0 Å². The second kappa shape index (κ2) is 32.7. The Morgan fingerprint density at radius 3 is 1.01 bits per heavy atom. The van der Waals surface area contributed by atoms with E-state index in [1.165, 1.54) is 252 Å². The van der Waals surface area contributed by atoms with Crippen LogP contribution >= 0.6 is 68.0 Å².